The Bertz CT molecular complexity index is 1640. The average molecular weight is 749 g/mol. The number of nitrogens with zero attached hydrogens (tertiary/aromatic N) is 5. The maximum atomic E-state index is 13.6. The van der Waals surface area contributed by atoms with E-state index in [2.05, 4.69) is 15.7 Å². The van der Waals surface area contributed by atoms with Crippen molar-refractivity contribution in [1.29, 1.82) is 0 Å². The largest absolute Gasteiger partial charge is 0.471 e. The fourth-order valence-corrected chi connectivity index (χ4v) is 6.20. The van der Waals surface area contributed by atoms with E-state index in [1.807, 2.05) is 0 Å². The number of likely N-dealkylation sites (tertiary alicyclic amines) is 1. The Labute approximate surface area is 303 Å². The normalized spacial score (nSPS) is 18.1. The Morgan fingerprint density at radius 3 is 2.28 bits per heavy atom. The molecule has 53 heavy (non-hydrogen) atoms. The molecule has 1 aromatic heterocycles. The van der Waals surface area contributed by atoms with Crippen LogP contribution in [0.3, 0.4) is 0 Å². The van der Waals surface area contributed by atoms with Crippen molar-refractivity contribution in [2.45, 2.75) is 69.8 Å². The van der Waals surface area contributed by atoms with Gasteiger partial charge >= 0.3 is 18.2 Å². The van der Waals surface area contributed by atoms with Crippen molar-refractivity contribution in [1.82, 2.24) is 40.4 Å². The minimum absolute atomic E-state index is 0.000212. The van der Waals surface area contributed by atoms with Gasteiger partial charge < -0.3 is 40.1 Å². The molecule has 0 spiro atoms. The van der Waals surface area contributed by atoms with E-state index in [-0.39, 0.29) is 56.3 Å². The summed E-state index contributed by atoms with van der Waals surface area (Å²) in [5.74, 6) is -4.35. The smallest absolute Gasteiger partial charge is 0.467 e. The van der Waals surface area contributed by atoms with Crippen LogP contribution in [0.15, 0.2) is 36.4 Å². The highest BCUT2D eigenvalue weighted by atomic mass is 19.4. The molecule has 2 unspecified atom stereocenters. The van der Waals surface area contributed by atoms with Gasteiger partial charge in [-0.15, -0.1) is 0 Å². The minimum Gasteiger partial charge on any atom is -0.467 e. The summed E-state index contributed by atoms with van der Waals surface area (Å²) in [6, 6.07) is 7.91. The Morgan fingerprint density at radius 1 is 0.943 bits per heavy atom. The molecule has 0 radical (unpaired) electrons. The molecule has 288 valence electrons. The second-order valence-corrected chi connectivity index (χ2v) is 12.9. The second kappa shape index (κ2) is 17.4. The van der Waals surface area contributed by atoms with Crippen LogP contribution in [0.2, 0.25) is 0 Å². The van der Waals surface area contributed by atoms with Gasteiger partial charge in [-0.2, -0.15) is 18.3 Å². The predicted octanol–water partition coefficient (Wildman–Crippen LogP) is 1.38. The van der Waals surface area contributed by atoms with Gasteiger partial charge in [0.25, 0.3) is 11.8 Å². The van der Waals surface area contributed by atoms with E-state index in [1.54, 1.807) is 42.6 Å². The van der Waals surface area contributed by atoms with E-state index in [1.165, 1.54) is 25.4 Å². The lowest BCUT2D eigenvalue weighted by Crippen LogP contribution is -2.56. The van der Waals surface area contributed by atoms with E-state index in [0.717, 1.165) is 19.3 Å². The van der Waals surface area contributed by atoms with Gasteiger partial charge in [0.2, 0.25) is 17.7 Å². The van der Waals surface area contributed by atoms with Crippen molar-refractivity contribution in [2.75, 3.05) is 52.5 Å². The molecule has 3 aliphatic rings. The third-order valence-corrected chi connectivity index (χ3v) is 9.28. The number of halogens is 3. The van der Waals surface area contributed by atoms with Crippen LogP contribution >= 0.6 is 0 Å². The number of amides is 6. The van der Waals surface area contributed by atoms with Gasteiger partial charge in [0.1, 0.15) is 12.1 Å². The number of rotatable bonds is 13. The van der Waals surface area contributed by atoms with Crippen LogP contribution in [0.25, 0.3) is 5.69 Å². The van der Waals surface area contributed by atoms with Gasteiger partial charge in [0, 0.05) is 51.4 Å². The quantitative estimate of drug-likeness (QED) is 0.272. The molecular weight excluding hydrogens is 705 g/mol. The van der Waals surface area contributed by atoms with Gasteiger partial charge in [-0.05, 0) is 57.6 Å². The third-order valence-electron chi connectivity index (χ3n) is 9.28. The standard InChI is InChI=1S/C34H43F3N8O8/c1-2-52-33(51)43-18-16-42(17-19-43)31(49)24(13-14-38-32(50)34(35,36)37)40-29(47)25-20-28(45(41-25)23-10-4-3-5-11-23)53-21-27(46)44-15-7-12-26(44)30(48)39-22-8-6-9-22/h3-5,10-11,20,22,24,26H,2,6-9,12-19,21H2,1H3,(H,38,50)(H,39,48)(H,40,47). The molecule has 1 aliphatic carbocycles. The molecule has 19 heteroatoms. The zero-order chi connectivity index (χ0) is 38.1. The van der Waals surface area contributed by atoms with Gasteiger partial charge in [-0.1, -0.05) is 18.2 Å². The van der Waals surface area contributed by atoms with E-state index < -0.39 is 67.6 Å². The van der Waals surface area contributed by atoms with Crippen molar-refractivity contribution in [3.8, 4) is 11.6 Å². The number of carbonyl (C=O) groups excluding carboxylic acids is 6. The molecule has 1 aromatic carbocycles. The number of carbonyl (C=O) groups is 6. The number of aromatic nitrogens is 2. The molecule has 5 rings (SSSR count). The highest BCUT2D eigenvalue weighted by Crippen LogP contribution is 2.24. The molecular formula is C34H43F3N8O8. The number of piperazine rings is 1. The number of benzene rings is 1. The molecule has 1 saturated carbocycles. The fourth-order valence-electron chi connectivity index (χ4n) is 6.20. The monoisotopic (exact) mass is 748 g/mol. The number of ether oxygens (including phenoxy) is 2. The first-order chi connectivity index (χ1) is 25.3. The first-order valence-electron chi connectivity index (χ1n) is 17.6. The minimum atomic E-state index is -5.15. The molecule has 2 atom stereocenters. The molecule has 3 N–H and O–H groups in total. The number of hydrogen-bond acceptors (Lipinski definition) is 9. The molecule has 2 aromatic rings. The highest BCUT2D eigenvalue weighted by Gasteiger charge is 2.39. The average Bonchev–Trinajstić information content (AvgIpc) is 3.80. The number of para-hydroxylation sites is 1. The Hall–Kier alpha value is -5.36. The van der Waals surface area contributed by atoms with Crippen LogP contribution < -0.4 is 20.7 Å². The first-order valence-corrected chi connectivity index (χ1v) is 17.6. The van der Waals surface area contributed by atoms with Crippen LogP contribution in [0.1, 0.15) is 55.9 Å². The van der Waals surface area contributed by atoms with Gasteiger partial charge in [-0.25, -0.2) is 9.48 Å². The third kappa shape index (κ3) is 9.95. The van der Waals surface area contributed by atoms with Crippen LogP contribution in [0.4, 0.5) is 18.0 Å². The zero-order valence-corrected chi connectivity index (χ0v) is 29.2. The molecule has 3 fully saturated rings. The van der Waals surface area contributed by atoms with E-state index in [0.29, 0.717) is 25.1 Å². The highest BCUT2D eigenvalue weighted by molar-refractivity contribution is 5.96. The summed E-state index contributed by atoms with van der Waals surface area (Å²) >= 11 is 0. The van der Waals surface area contributed by atoms with Gasteiger partial charge in [-0.3, -0.25) is 24.0 Å². The van der Waals surface area contributed by atoms with E-state index in [9.17, 15) is 41.9 Å². The number of nitrogens with one attached hydrogen (secondary N) is 3. The van der Waals surface area contributed by atoms with Crippen molar-refractivity contribution in [3.63, 3.8) is 0 Å². The SMILES string of the molecule is CCOC(=O)N1CCN(C(=O)C(CCNC(=O)C(F)(F)F)NC(=O)c2cc(OCC(=O)N3CCCC3C(=O)NC3CCC3)n(-c3ccccc3)n2)CC1. The summed E-state index contributed by atoms with van der Waals surface area (Å²) in [6.45, 7) is 1.52. The molecule has 3 heterocycles. The molecule has 0 bridgehead atoms. The Balaban J connectivity index is 1.29. The maximum absolute atomic E-state index is 13.6. The predicted molar refractivity (Wildman–Crippen MR) is 180 cm³/mol. The first kappa shape index (κ1) is 38.9. The van der Waals surface area contributed by atoms with Crippen LogP contribution in [-0.2, 0) is 23.9 Å². The topological polar surface area (TPSA) is 185 Å². The van der Waals surface area contributed by atoms with Crippen LogP contribution in [0.5, 0.6) is 5.88 Å². The van der Waals surface area contributed by atoms with Crippen LogP contribution in [-0.4, -0.2) is 137 Å². The van der Waals surface area contributed by atoms with Crippen molar-refractivity contribution >= 4 is 35.6 Å². The summed E-state index contributed by atoms with van der Waals surface area (Å²) in [4.78, 5) is 81.2. The molecule has 6 amide bonds. The summed E-state index contributed by atoms with van der Waals surface area (Å²) in [6.07, 6.45) is -2.05. The van der Waals surface area contributed by atoms with E-state index >= 15 is 0 Å². The number of alkyl halides is 3. The van der Waals surface area contributed by atoms with Crippen molar-refractivity contribution < 1.29 is 51.4 Å². The van der Waals surface area contributed by atoms with Gasteiger partial charge in [0.05, 0.1) is 12.3 Å². The zero-order valence-electron chi connectivity index (χ0n) is 29.2. The Morgan fingerprint density at radius 2 is 1.64 bits per heavy atom. The maximum Gasteiger partial charge on any atom is 0.471 e. The lowest BCUT2D eigenvalue weighted by molar-refractivity contribution is -0.173. The van der Waals surface area contributed by atoms with Gasteiger partial charge in [0.15, 0.2) is 12.3 Å². The lowest BCUT2D eigenvalue weighted by Gasteiger charge is -2.36. The summed E-state index contributed by atoms with van der Waals surface area (Å²) in [7, 11) is 0. The second-order valence-electron chi connectivity index (χ2n) is 12.9. The molecule has 16 nitrogen and oxygen atoms in total. The van der Waals surface area contributed by atoms with Crippen molar-refractivity contribution in [3.05, 3.63) is 42.1 Å². The molecule has 2 aliphatic heterocycles. The van der Waals surface area contributed by atoms with Crippen molar-refractivity contribution in [2.24, 2.45) is 0 Å². The fraction of sp³-hybridized carbons (Fsp3) is 0.559. The Kier molecular flexibility index (Phi) is 12.8. The molecule has 2 saturated heterocycles. The number of hydrogen-bond donors (Lipinski definition) is 3. The summed E-state index contributed by atoms with van der Waals surface area (Å²) in [5, 5.41) is 11.6. The summed E-state index contributed by atoms with van der Waals surface area (Å²) < 4.78 is 50.7. The lowest BCUT2D eigenvalue weighted by atomic mass is 9.93. The van der Waals surface area contributed by atoms with E-state index in [4.69, 9.17) is 9.47 Å². The summed E-state index contributed by atoms with van der Waals surface area (Å²) in [5.41, 5.74) is 0.231. The van der Waals surface area contributed by atoms with Crippen LogP contribution in [0, 0.1) is 0 Å².